The van der Waals surface area contributed by atoms with Gasteiger partial charge in [0, 0.05) is 15.7 Å². The molecule has 0 bridgehead atoms. The van der Waals surface area contributed by atoms with E-state index in [2.05, 4.69) is 25.8 Å². The number of nitrogens with two attached hydrogens (primary N) is 1. The van der Waals surface area contributed by atoms with Gasteiger partial charge in [-0.15, -0.1) is 0 Å². The molecule has 0 spiro atoms. The van der Waals surface area contributed by atoms with E-state index in [1.807, 2.05) is 0 Å². The maximum Gasteiger partial charge on any atom is 0.261 e. The molecule has 0 saturated heterocycles. The van der Waals surface area contributed by atoms with Crippen LogP contribution in [0.1, 0.15) is 5.56 Å². The maximum atomic E-state index is 12.2. The predicted octanol–water partition coefficient (Wildman–Crippen LogP) is 2.34. The Morgan fingerprint density at radius 2 is 1.86 bits per heavy atom. The highest BCUT2D eigenvalue weighted by molar-refractivity contribution is 9.10. The van der Waals surface area contributed by atoms with Crippen LogP contribution in [-0.2, 0) is 10.0 Å². The van der Waals surface area contributed by atoms with Crippen molar-refractivity contribution in [2.24, 2.45) is 10.9 Å². The van der Waals surface area contributed by atoms with Gasteiger partial charge in [-0.2, -0.15) is 0 Å². The molecule has 0 unspecified atom stereocenters. The highest BCUT2D eigenvalue weighted by atomic mass is 79.9. The number of hydrogen-bond donors (Lipinski definition) is 3. The first-order valence-corrected chi connectivity index (χ1v) is 8.06. The highest BCUT2D eigenvalue weighted by Gasteiger charge is 2.14. The van der Waals surface area contributed by atoms with Gasteiger partial charge in [-0.3, -0.25) is 4.72 Å². The standard InChI is InChI=1S/C13H12BrN3O3S/c14-10-4-6-12(7-5-10)21(19,20)17-11-3-1-2-9(8-11)13(15)16-18/h1-8,17-18H,(H2,15,16). The van der Waals surface area contributed by atoms with Crippen molar-refractivity contribution in [3.05, 3.63) is 58.6 Å². The average Bonchev–Trinajstić information content (AvgIpc) is 2.46. The monoisotopic (exact) mass is 369 g/mol. The molecule has 2 rings (SSSR count). The van der Waals surface area contributed by atoms with Gasteiger partial charge in [-0.05, 0) is 36.4 Å². The van der Waals surface area contributed by atoms with Crippen molar-refractivity contribution in [1.82, 2.24) is 0 Å². The minimum atomic E-state index is -3.69. The Labute approximate surface area is 130 Å². The van der Waals surface area contributed by atoms with Gasteiger partial charge in [0.25, 0.3) is 10.0 Å². The van der Waals surface area contributed by atoms with E-state index < -0.39 is 10.0 Å². The zero-order valence-corrected chi connectivity index (χ0v) is 13.1. The van der Waals surface area contributed by atoms with E-state index >= 15 is 0 Å². The molecule has 0 aromatic heterocycles. The van der Waals surface area contributed by atoms with Crippen molar-refractivity contribution in [1.29, 1.82) is 0 Å². The molecular formula is C13H12BrN3O3S. The van der Waals surface area contributed by atoms with E-state index in [1.54, 1.807) is 30.3 Å². The van der Waals surface area contributed by atoms with Crippen LogP contribution >= 0.6 is 15.9 Å². The number of anilines is 1. The molecule has 0 aliphatic heterocycles. The van der Waals surface area contributed by atoms with Crippen molar-refractivity contribution < 1.29 is 13.6 Å². The van der Waals surface area contributed by atoms with Crippen LogP contribution in [0.4, 0.5) is 5.69 Å². The fourth-order valence-electron chi connectivity index (χ4n) is 1.63. The third-order valence-corrected chi connectivity index (χ3v) is 4.57. The third kappa shape index (κ3) is 3.73. The average molecular weight is 370 g/mol. The lowest BCUT2D eigenvalue weighted by Gasteiger charge is -2.09. The summed E-state index contributed by atoms with van der Waals surface area (Å²) in [5.74, 6) is -0.0975. The number of hydrogen-bond acceptors (Lipinski definition) is 4. The molecule has 0 fully saturated rings. The fraction of sp³-hybridized carbons (Fsp3) is 0. The van der Waals surface area contributed by atoms with E-state index in [0.717, 1.165) is 4.47 Å². The van der Waals surface area contributed by atoms with Gasteiger partial charge in [-0.1, -0.05) is 33.2 Å². The Kier molecular flexibility index (Phi) is 4.49. The van der Waals surface area contributed by atoms with Crippen LogP contribution in [-0.4, -0.2) is 19.5 Å². The number of benzene rings is 2. The van der Waals surface area contributed by atoms with Crippen molar-refractivity contribution in [3.8, 4) is 0 Å². The lowest BCUT2D eigenvalue weighted by atomic mass is 10.2. The van der Waals surface area contributed by atoms with Gasteiger partial charge in [0.2, 0.25) is 0 Å². The minimum Gasteiger partial charge on any atom is -0.409 e. The van der Waals surface area contributed by atoms with E-state index in [9.17, 15) is 8.42 Å². The molecule has 4 N–H and O–H groups in total. The van der Waals surface area contributed by atoms with E-state index in [1.165, 1.54) is 18.2 Å². The molecule has 6 nitrogen and oxygen atoms in total. The van der Waals surface area contributed by atoms with Crippen LogP contribution in [0.15, 0.2) is 63.1 Å². The second kappa shape index (κ2) is 6.15. The molecule has 0 radical (unpaired) electrons. The Hall–Kier alpha value is -2.06. The van der Waals surface area contributed by atoms with Gasteiger partial charge < -0.3 is 10.9 Å². The summed E-state index contributed by atoms with van der Waals surface area (Å²) in [5.41, 5.74) is 6.20. The summed E-state index contributed by atoms with van der Waals surface area (Å²) in [6, 6.07) is 12.5. The fourth-order valence-corrected chi connectivity index (χ4v) is 2.94. The normalized spacial score (nSPS) is 12.1. The van der Waals surface area contributed by atoms with E-state index in [-0.39, 0.29) is 10.7 Å². The van der Waals surface area contributed by atoms with Crippen molar-refractivity contribution in [2.75, 3.05) is 4.72 Å². The lowest BCUT2D eigenvalue weighted by molar-refractivity contribution is 0.318. The summed E-state index contributed by atoms with van der Waals surface area (Å²) < 4.78 is 27.7. The van der Waals surface area contributed by atoms with Gasteiger partial charge in [-0.25, -0.2) is 8.42 Å². The Bertz CT molecular complexity index is 774. The smallest absolute Gasteiger partial charge is 0.261 e. The highest BCUT2D eigenvalue weighted by Crippen LogP contribution is 2.19. The molecule has 0 aliphatic rings. The number of rotatable bonds is 4. The van der Waals surface area contributed by atoms with Crippen LogP contribution < -0.4 is 10.5 Å². The van der Waals surface area contributed by atoms with Gasteiger partial charge in [0.15, 0.2) is 5.84 Å². The van der Waals surface area contributed by atoms with Crippen LogP contribution in [0.3, 0.4) is 0 Å². The Morgan fingerprint density at radius 1 is 1.19 bits per heavy atom. The zero-order valence-electron chi connectivity index (χ0n) is 10.7. The van der Waals surface area contributed by atoms with Gasteiger partial charge in [0.05, 0.1) is 4.90 Å². The molecule has 2 aromatic rings. The summed E-state index contributed by atoms with van der Waals surface area (Å²) in [7, 11) is -3.69. The molecule has 0 amide bonds. The van der Waals surface area contributed by atoms with Crippen LogP contribution in [0.5, 0.6) is 0 Å². The number of nitrogens with one attached hydrogen (secondary N) is 1. The quantitative estimate of drug-likeness (QED) is 0.333. The third-order valence-electron chi connectivity index (χ3n) is 2.64. The maximum absolute atomic E-state index is 12.2. The van der Waals surface area contributed by atoms with Crippen molar-refractivity contribution >= 4 is 37.5 Å². The summed E-state index contributed by atoms with van der Waals surface area (Å²) in [6.07, 6.45) is 0. The molecule has 8 heteroatoms. The van der Waals surface area contributed by atoms with Crippen molar-refractivity contribution in [3.63, 3.8) is 0 Å². The first-order chi connectivity index (χ1) is 9.92. The zero-order chi connectivity index (χ0) is 15.5. The second-order valence-corrected chi connectivity index (χ2v) is 6.72. The van der Waals surface area contributed by atoms with Crippen LogP contribution in [0.2, 0.25) is 0 Å². The van der Waals surface area contributed by atoms with E-state index in [0.29, 0.717) is 11.3 Å². The molecule has 2 aromatic carbocycles. The summed E-state index contributed by atoms with van der Waals surface area (Å²) in [4.78, 5) is 0.139. The lowest BCUT2D eigenvalue weighted by Crippen LogP contribution is -2.15. The number of oxime groups is 1. The minimum absolute atomic E-state index is 0.0975. The number of amidine groups is 1. The number of halogens is 1. The first-order valence-electron chi connectivity index (χ1n) is 5.79. The largest absolute Gasteiger partial charge is 0.409 e. The van der Waals surface area contributed by atoms with Gasteiger partial charge in [0.1, 0.15) is 0 Å². The second-order valence-electron chi connectivity index (χ2n) is 4.13. The predicted molar refractivity (Wildman–Crippen MR) is 83.9 cm³/mol. The SMILES string of the molecule is N/C(=N/O)c1cccc(NS(=O)(=O)c2ccc(Br)cc2)c1. The van der Waals surface area contributed by atoms with Crippen LogP contribution in [0, 0.1) is 0 Å². The summed E-state index contributed by atoms with van der Waals surface area (Å²) >= 11 is 3.25. The summed E-state index contributed by atoms with van der Waals surface area (Å²) in [5, 5.41) is 11.5. The molecule has 0 atom stereocenters. The van der Waals surface area contributed by atoms with Crippen LogP contribution in [0.25, 0.3) is 0 Å². The van der Waals surface area contributed by atoms with E-state index in [4.69, 9.17) is 10.9 Å². The molecular weight excluding hydrogens is 358 g/mol. The molecule has 0 saturated carbocycles. The molecule has 110 valence electrons. The Morgan fingerprint density at radius 3 is 2.48 bits per heavy atom. The summed E-state index contributed by atoms with van der Waals surface area (Å²) in [6.45, 7) is 0. The molecule has 0 heterocycles. The van der Waals surface area contributed by atoms with Gasteiger partial charge >= 0.3 is 0 Å². The topological polar surface area (TPSA) is 105 Å². The molecule has 0 aliphatic carbocycles. The number of nitrogens with zero attached hydrogens (tertiary/aromatic N) is 1. The van der Waals surface area contributed by atoms with Crippen molar-refractivity contribution in [2.45, 2.75) is 4.90 Å². The Balaban J connectivity index is 2.31. The number of sulfonamides is 1. The first kappa shape index (κ1) is 15.3. The molecule has 21 heavy (non-hydrogen) atoms.